The first-order chi connectivity index (χ1) is 7.63. The van der Waals surface area contributed by atoms with Gasteiger partial charge in [0.2, 0.25) is 0 Å². The Morgan fingerprint density at radius 3 is 2.44 bits per heavy atom. The second-order valence-corrected chi connectivity index (χ2v) is 4.61. The highest BCUT2D eigenvalue weighted by Crippen LogP contribution is 2.24. The minimum absolute atomic E-state index is 0.600. The molecule has 0 unspecified atom stereocenters. The van der Waals surface area contributed by atoms with Gasteiger partial charge in [-0.3, -0.25) is 4.57 Å². The second kappa shape index (κ2) is 4.44. The van der Waals surface area contributed by atoms with Crippen molar-refractivity contribution in [1.29, 1.82) is 5.26 Å². The highest BCUT2D eigenvalue weighted by molar-refractivity contribution is 14.1. The smallest absolute Gasteiger partial charge is 0.147 e. The van der Waals surface area contributed by atoms with Crippen molar-refractivity contribution < 1.29 is 0 Å². The number of halogens is 2. The lowest BCUT2D eigenvalue weighted by Gasteiger charge is -2.06. The van der Waals surface area contributed by atoms with Crippen molar-refractivity contribution in [2.75, 3.05) is 0 Å². The Morgan fingerprint density at radius 2 is 2.00 bits per heavy atom. The summed E-state index contributed by atoms with van der Waals surface area (Å²) in [5.41, 5.74) is 1.55. The summed E-state index contributed by atoms with van der Waals surface area (Å²) >= 11 is 8.25. The largest absolute Gasteiger partial charge is 0.286 e. The Hall–Kier alpha value is -1.06. The van der Waals surface area contributed by atoms with Crippen molar-refractivity contribution in [3.05, 3.63) is 44.5 Å². The zero-order chi connectivity index (χ0) is 11.7. The van der Waals surface area contributed by atoms with Crippen molar-refractivity contribution in [3.63, 3.8) is 0 Å². The third kappa shape index (κ3) is 1.93. The maximum atomic E-state index is 8.72. The lowest BCUT2D eigenvalue weighted by molar-refractivity contribution is 0.975. The molecule has 0 aliphatic carbocycles. The third-order valence-electron chi connectivity index (χ3n) is 2.20. The van der Waals surface area contributed by atoms with Gasteiger partial charge in [-0.1, -0.05) is 11.6 Å². The SMILES string of the molecule is Cc1nc(I)c(Cl)n1-c1ccc(C#N)cc1. The summed E-state index contributed by atoms with van der Waals surface area (Å²) in [6.07, 6.45) is 0. The Labute approximate surface area is 112 Å². The molecular weight excluding hydrogens is 336 g/mol. The number of nitrogens with zero attached hydrogens (tertiary/aromatic N) is 3. The molecule has 0 radical (unpaired) electrons. The molecule has 2 rings (SSSR count). The molecule has 0 saturated heterocycles. The molecule has 2 aromatic rings. The van der Waals surface area contributed by atoms with Gasteiger partial charge in [0.1, 0.15) is 14.7 Å². The molecule has 0 fully saturated rings. The average molecular weight is 344 g/mol. The zero-order valence-corrected chi connectivity index (χ0v) is 11.3. The fourth-order valence-electron chi connectivity index (χ4n) is 1.46. The highest BCUT2D eigenvalue weighted by Gasteiger charge is 2.11. The molecular formula is C11H7ClIN3. The van der Waals surface area contributed by atoms with Crippen molar-refractivity contribution in [1.82, 2.24) is 9.55 Å². The Balaban J connectivity index is 2.55. The van der Waals surface area contributed by atoms with E-state index in [2.05, 4.69) is 33.6 Å². The lowest BCUT2D eigenvalue weighted by Crippen LogP contribution is -1.96. The summed E-state index contributed by atoms with van der Waals surface area (Å²) in [5, 5.41) is 9.32. The van der Waals surface area contributed by atoms with Crippen molar-refractivity contribution >= 4 is 34.2 Å². The molecule has 0 aliphatic heterocycles. The standard InChI is InChI=1S/C11H7ClIN3/c1-7-15-11(13)10(12)16(7)9-4-2-8(6-14)3-5-9/h2-5H,1H3. The van der Waals surface area contributed by atoms with E-state index in [0.29, 0.717) is 10.7 Å². The molecule has 0 bridgehead atoms. The predicted molar refractivity (Wildman–Crippen MR) is 70.7 cm³/mol. The number of imidazole rings is 1. The molecule has 0 amide bonds. The van der Waals surface area contributed by atoms with E-state index < -0.39 is 0 Å². The summed E-state index contributed by atoms with van der Waals surface area (Å²) in [7, 11) is 0. The van der Waals surface area contributed by atoms with Crippen LogP contribution in [0.1, 0.15) is 11.4 Å². The van der Waals surface area contributed by atoms with Gasteiger partial charge in [-0.15, -0.1) is 0 Å². The molecule has 0 saturated carbocycles. The molecule has 16 heavy (non-hydrogen) atoms. The molecule has 0 atom stereocenters. The van der Waals surface area contributed by atoms with Crippen LogP contribution in [0.3, 0.4) is 0 Å². The van der Waals surface area contributed by atoms with Crippen LogP contribution in [0.5, 0.6) is 0 Å². The van der Waals surface area contributed by atoms with Gasteiger partial charge in [0.05, 0.1) is 11.6 Å². The van der Waals surface area contributed by atoms with Crippen molar-refractivity contribution in [2.45, 2.75) is 6.92 Å². The number of nitriles is 1. The number of aromatic nitrogens is 2. The molecule has 1 heterocycles. The molecule has 5 heteroatoms. The quantitative estimate of drug-likeness (QED) is 0.746. The number of aryl methyl sites for hydroxylation is 1. The van der Waals surface area contributed by atoms with Gasteiger partial charge in [0, 0.05) is 5.69 Å². The Kier molecular flexibility index (Phi) is 3.17. The van der Waals surface area contributed by atoms with Gasteiger partial charge < -0.3 is 0 Å². The van der Waals surface area contributed by atoms with Crippen LogP contribution in [-0.2, 0) is 0 Å². The minimum atomic E-state index is 0.600. The maximum absolute atomic E-state index is 8.72. The lowest BCUT2D eigenvalue weighted by atomic mass is 10.2. The molecule has 1 aromatic carbocycles. The maximum Gasteiger partial charge on any atom is 0.147 e. The van der Waals surface area contributed by atoms with E-state index in [1.807, 2.05) is 23.6 Å². The van der Waals surface area contributed by atoms with Crippen LogP contribution in [0.2, 0.25) is 5.15 Å². The molecule has 3 nitrogen and oxygen atoms in total. The van der Waals surface area contributed by atoms with Crippen LogP contribution in [-0.4, -0.2) is 9.55 Å². The van der Waals surface area contributed by atoms with Crippen LogP contribution in [0.25, 0.3) is 5.69 Å². The highest BCUT2D eigenvalue weighted by atomic mass is 127. The van der Waals surface area contributed by atoms with E-state index in [0.717, 1.165) is 15.2 Å². The van der Waals surface area contributed by atoms with Gasteiger partial charge in [-0.05, 0) is 53.8 Å². The van der Waals surface area contributed by atoms with Gasteiger partial charge in [0.15, 0.2) is 0 Å². The van der Waals surface area contributed by atoms with Gasteiger partial charge in [0.25, 0.3) is 0 Å². The number of benzene rings is 1. The summed E-state index contributed by atoms with van der Waals surface area (Å²) in [4.78, 5) is 4.28. The van der Waals surface area contributed by atoms with E-state index in [4.69, 9.17) is 16.9 Å². The molecule has 1 aromatic heterocycles. The predicted octanol–water partition coefficient (Wildman–Crippen LogP) is 3.31. The molecule has 0 spiro atoms. The van der Waals surface area contributed by atoms with E-state index in [1.54, 1.807) is 12.1 Å². The van der Waals surface area contributed by atoms with Gasteiger partial charge in [-0.2, -0.15) is 5.26 Å². The van der Waals surface area contributed by atoms with Crippen LogP contribution < -0.4 is 0 Å². The van der Waals surface area contributed by atoms with E-state index in [1.165, 1.54) is 0 Å². The van der Waals surface area contributed by atoms with Crippen molar-refractivity contribution in [2.24, 2.45) is 0 Å². The van der Waals surface area contributed by atoms with Crippen molar-refractivity contribution in [3.8, 4) is 11.8 Å². The first-order valence-electron chi connectivity index (χ1n) is 4.54. The Morgan fingerprint density at radius 1 is 1.38 bits per heavy atom. The fourth-order valence-corrected chi connectivity index (χ4v) is 2.31. The number of hydrogen-bond donors (Lipinski definition) is 0. The monoisotopic (exact) mass is 343 g/mol. The van der Waals surface area contributed by atoms with Crippen LogP contribution in [0.15, 0.2) is 24.3 Å². The summed E-state index contributed by atoms with van der Waals surface area (Å²) in [6, 6.07) is 9.32. The number of rotatable bonds is 1. The van der Waals surface area contributed by atoms with E-state index in [-0.39, 0.29) is 0 Å². The topological polar surface area (TPSA) is 41.6 Å². The van der Waals surface area contributed by atoms with Gasteiger partial charge >= 0.3 is 0 Å². The van der Waals surface area contributed by atoms with Crippen LogP contribution >= 0.6 is 34.2 Å². The van der Waals surface area contributed by atoms with Crippen LogP contribution in [0.4, 0.5) is 0 Å². The molecule has 0 aliphatic rings. The minimum Gasteiger partial charge on any atom is -0.286 e. The van der Waals surface area contributed by atoms with E-state index in [9.17, 15) is 0 Å². The van der Waals surface area contributed by atoms with Crippen LogP contribution in [0, 0.1) is 22.0 Å². The zero-order valence-electron chi connectivity index (χ0n) is 8.41. The molecule has 0 N–H and O–H groups in total. The first-order valence-corrected chi connectivity index (χ1v) is 6.00. The molecule has 80 valence electrons. The summed E-state index contributed by atoms with van der Waals surface area (Å²) in [6.45, 7) is 1.90. The average Bonchev–Trinajstić information content (AvgIpc) is 2.54. The Bertz CT molecular complexity index is 566. The third-order valence-corrected chi connectivity index (χ3v) is 3.62. The summed E-state index contributed by atoms with van der Waals surface area (Å²) < 4.78 is 2.63. The second-order valence-electron chi connectivity index (χ2n) is 3.23. The summed E-state index contributed by atoms with van der Waals surface area (Å²) in [5.74, 6) is 0.833. The first kappa shape index (κ1) is 11.4. The normalized spacial score (nSPS) is 10.1. The fraction of sp³-hybridized carbons (Fsp3) is 0.0909. The number of hydrogen-bond acceptors (Lipinski definition) is 2. The van der Waals surface area contributed by atoms with E-state index >= 15 is 0 Å². The van der Waals surface area contributed by atoms with Gasteiger partial charge in [-0.25, -0.2) is 4.98 Å².